The Morgan fingerprint density at radius 2 is 1.32 bits per heavy atom. The van der Waals surface area contributed by atoms with Crippen LogP contribution >= 0.6 is 0 Å². The number of epoxide rings is 2. The molecule has 0 aromatic heterocycles. The van der Waals surface area contributed by atoms with Crippen LogP contribution in [-0.4, -0.2) is 50.1 Å². The lowest BCUT2D eigenvalue weighted by Gasteiger charge is -2.13. The first-order chi connectivity index (χ1) is 18.7. The van der Waals surface area contributed by atoms with Gasteiger partial charge in [-0.15, -0.1) is 0 Å². The van der Waals surface area contributed by atoms with Gasteiger partial charge in [-0.25, -0.2) is 0 Å². The molecule has 0 unspecified atom stereocenters. The SMILES string of the molecule is CC[C@H](C)[C@@H](C)/C=C/C[C@@]1(C)O[C@@H]1CO.CC[C@H](C)[C@@H](C)/C=C/C[C@@]1(C)O[C@@H]1COS(=O)(=O)c1ccc(C)cc1. The van der Waals surface area contributed by atoms with Gasteiger partial charge in [-0.05, 0) is 69.4 Å². The van der Waals surface area contributed by atoms with E-state index in [0.29, 0.717) is 17.8 Å². The van der Waals surface area contributed by atoms with Crippen molar-refractivity contribution in [2.24, 2.45) is 23.7 Å². The number of ether oxygens (including phenoxy) is 2. The van der Waals surface area contributed by atoms with Gasteiger partial charge in [0, 0.05) is 0 Å². The summed E-state index contributed by atoms with van der Waals surface area (Å²) in [4.78, 5) is 0.183. The summed E-state index contributed by atoms with van der Waals surface area (Å²) in [6.07, 6.45) is 12.8. The highest BCUT2D eigenvalue weighted by Crippen LogP contribution is 2.41. The average Bonchev–Trinajstić information content (AvgIpc) is 3.80. The van der Waals surface area contributed by atoms with Gasteiger partial charge in [0.05, 0.1) is 29.3 Å². The van der Waals surface area contributed by atoms with E-state index < -0.39 is 10.1 Å². The number of allylic oxidation sites excluding steroid dienone is 2. The van der Waals surface area contributed by atoms with Crippen molar-refractivity contribution >= 4 is 10.1 Å². The number of aryl methyl sites for hydroxylation is 1. The number of hydrogen-bond acceptors (Lipinski definition) is 6. The van der Waals surface area contributed by atoms with E-state index in [2.05, 4.69) is 72.8 Å². The van der Waals surface area contributed by atoms with Crippen LogP contribution < -0.4 is 0 Å². The molecule has 40 heavy (non-hydrogen) atoms. The molecule has 0 spiro atoms. The topological polar surface area (TPSA) is 88.7 Å². The second-order valence-corrected chi connectivity index (χ2v) is 13.9. The molecule has 0 aliphatic carbocycles. The van der Waals surface area contributed by atoms with Crippen LogP contribution in [0.5, 0.6) is 0 Å². The molecule has 2 fully saturated rings. The fraction of sp³-hybridized carbons (Fsp3) is 0.697. The zero-order valence-electron chi connectivity index (χ0n) is 26.2. The fourth-order valence-corrected chi connectivity index (χ4v) is 5.37. The third-order valence-corrected chi connectivity index (χ3v) is 10.2. The smallest absolute Gasteiger partial charge is 0.297 e. The average molecular weight is 579 g/mol. The normalized spacial score (nSPS) is 29.1. The lowest BCUT2D eigenvalue weighted by Crippen LogP contribution is -2.17. The first kappa shape index (κ1) is 34.7. The Morgan fingerprint density at radius 1 is 0.875 bits per heavy atom. The monoisotopic (exact) mass is 578 g/mol. The van der Waals surface area contributed by atoms with Crippen LogP contribution in [0.15, 0.2) is 53.5 Å². The van der Waals surface area contributed by atoms with Crippen molar-refractivity contribution in [3.05, 3.63) is 54.1 Å². The van der Waals surface area contributed by atoms with E-state index in [0.717, 1.165) is 30.7 Å². The molecule has 0 amide bonds. The Hall–Kier alpha value is -1.51. The molecule has 1 N–H and O–H groups in total. The van der Waals surface area contributed by atoms with Gasteiger partial charge in [-0.2, -0.15) is 8.42 Å². The van der Waals surface area contributed by atoms with Crippen molar-refractivity contribution in [2.75, 3.05) is 13.2 Å². The highest BCUT2D eigenvalue weighted by Gasteiger charge is 2.52. The molecule has 6 nitrogen and oxygen atoms in total. The minimum Gasteiger partial charge on any atom is -0.394 e. The van der Waals surface area contributed by atoms with Crippen LogP contribution in [-0.2, 0) is 23.8 Å². The Morgan fingerprint density at radius 3 is 1.75 bits per heavy atom. The van der Waals surface area contributed by atoms with E-state index in [1.807, 2.05) is 13.8 Å². The first-order valence-corrected chi connectivity index (χ1v) is 16.4. The maximum atomic E-state index is 12.2. The van der Waals surface area contributed by atoms with Crippen molar-refractivity contribution in [3.8, 4) is 0 Å². The zero-order valence-corrected chi connectivity index (χ0v) is 27.0. The summed E-state index contributed by atoms with van der Waals surface area (Å²) < 4.78 is 40.7. The standard InChI is InChI=1S/C20H30O4S.C13H24O2/c1-6-16(3)17(4)8-7-13-20(5)19(24-20)14-23-25(21,22)18-11-9-15(2)10-12-18;1-5-10(2)11(3)7-6-8-13(4)12(9-14)15-13/h7-12,16-17,19H,6,13-14H2,1-5H3;6-7,10-12,14H,5,8-9H2,1-4H3/b8-7+;7-6+/t16-,17-,19+,20+;10-,11-,12+,13+/m00/s1. The molecule has 0 bridgehead atoms. The van der Waals surface area contributed by atoms with Crippen molar-refractivity contribution in [1.82, 2.24) is 0 Å². The maximum Gasteiger partial charge on any atom is 0.297 e. The van der Waals surface area contributed by atoms with Gasteiger partial charge >= 0.3 is 0 Å². The number of hydrogen-bond donors (Lipinski definition) is 1. The predicted molar refractivity (Wildman–Crippen MR) is 163 cm³/mol. The van der Waals surface area contributed by atoms with Crippen LogP contribution in [0.1, 0.15) is 86.6 Å². The second kappa shape index (κ2) is 15.1. The molecule has 0 saturated carbocycles. The van der Waals surface area contributed by atoms with Gasteiger partial charge in [-0.1, -0.05) is 96.4 Å². The van der Waals surface area contributed by atoms with E-state index >= 15 is 0 Å². The summed E-state index contributed by atoms with van der Waals surface area (Å²) in [5.41, 5.74) is 0.588. The Kier molecular flexibility index (Phi) is 13.1. The van der Waals surface area contributed by atoms with E-state index in [1.165, 1.54) is 6.42 Å². The summed E-state index contributed by atoms with van der Waals surface area (Å²) in [6.45, 7) is 19.6. The largest absolute Gasteiger partial charge is 0.394 e. The maximum absolute atomic E-state index is 12.2. The summed E-state index contributed by atoms with van der Waals surface area (Å²) in [5.74, 6) is 2.56. The van der Waals surface area contributed by atoms with Gasteiger partial charge in [0.15, 0.2) is 0 Å². The third kappa shape index (κ3) is 10.4. The summed E-state index contributed by atoms with van der Waals surface area (Å²) in [5, 5.41) is 8.93. The van der Waals surface area contributed by atoms with E-state index in [4.69, 9.17) is 18.8 Å². The van der Waals surface area contributed by atoms with Crippen LogP contribution in [0.25, 0.3) is 0 Å². The van der Waals surface area contributed by atoms with E-state index in [1.54, 1.807) is 24.3 Å². The lowest BCUT2D eigenvalue weighted by molar-refractivity contribution is 0.237. The minimum atomic E-state index is -3.73. The molecular formula is C33H54O6S. The van der Waals surface area contributed by atoms with Gasteiger partial charge < -0.3 is 14.6 Å². The van der Waals surface area contributed by atoms with Crippen LogP contribution in [0.2, 0.25) is 0 Å². The number of aliphatic hydroxyl groups excluding tert-OH is 1. The van der Waals surface area contributed by atoms with E-state index in [9.17, 15) is 8.42 Å². The molecular weight excluding hydrogens is 524 g/mol. The molecule has 2 aliphatic rings. The van der Waals surface area contributed by atoms with Crippen molar-refractivity contribution < 1.29 is 27.2 Å². The molecule has 3 rings (SSSR count). The van der Waals surface area contributed by atoms with Crippen molar-refractivity contribution in [3.63, 3.8) is 0 Å². The molecule has 2 heterocycles. The molecule has 0 radical (unpaired) electrons. The van der Waals surface area contributed by atoms with Gasteiger partial charge in [-0.3, -0.25) is 4.18 Å². The summed E-state index contributed by atoms with van der Waals surface area (Å²) >= 11 is 0. The first-order valence-electron chi connectivity index (χ1n) is 15.0. The lowest BCUT2D eigenvalue weighted by atomic mass is 9.92. The van der Waals surface area contributed by atoms with Gasteiger partial charge in [0.2, 0.25) is 0 Å². The molecule has 8 atom stereocenters. The molecule has 1 aromatic rings. The molecule has 1 aromatic carbocycles. The fourth-order valence-electron chi connectivity index (χ4n) is 4.46. The Bertz CT molecular complexity index is 1060. The number of aliphatic hydroxyl groups is 1. The summed E-state index contributed by atoms with van der Waals surface area (Å²) in [6, 6.07) is 6.65. The van der Waals surface area contributed by atoms with Crippen LogP contribution in [0, 0.1) is 30.6 Å². The minimum absolute atomic E-state index is 0.0565. The van der Waals surface area contributed by atoms with Gasteiger partial charge in [0.1, 0.15) is 12.2 Å². The third-order valence-electron chi connectivity index (χ3n) is 8.93. The Labute approximate surface area is 244 Å². The zero-order chi connectivity index (χ0) is 30.1. The Balaban J connectivity index is 0.000000319. The quantitative estimate of drug-likeness (QED) is 0.134. The van der Waals surface area contributed by atoms with Gasteiger partial charge in [0.25, 0.3) is 10.1 Å². The van der Waals surface area contributed by atoms with Crippen LogP contribution in [0.3, 0.4) is 0 Å². The number of rotatable bonds is 15. The van der Waals surface area contributed by atoms with Crippen molar-refractivity contribution in [2.45, 2.75) is 116 Å². The van der Waals surface area contributed by atoms with E-state index in [-0.39, 0.29) is 41.5 Å². The second-order valence-electron chi connectivity index (χ2n) is 12.3. The predicted octanol–water partition coefficient (Wildman–Crippen LogP) is 7.25. The molecule has 2 aliphatic heterocycles. The van der Waals surface area contributed by atoms with Crippen molar-refractivity contribution in [1.29, 1.82) is 0 Å². The molecule has 7 heteroatoms. The van der Waals surface area contributed by atoms with Crippen LogP contribution in [0.4, 0.5) is 0 Å². The molecule has 2 saturated heterocycles. The highest BCUT2D eigenvalue weighted by atomic mass is 32.2. The molecule has 228 valence electrons. The highest BCUT2D eigenvalue weighted by molar-refractivity contribution is 7.86. The number of benzene rings is 1. The summed E-state index contributed by atoms with van der Waals surface area (Å²) in [7, 11) is -3.73.